The number of hydrogen-bond donors (Lipinski definition) is 0. The first-order valence-corrected chi connectivity index (χ1v) is 3.85. The lowest BCUT2D eigenvalue weighted by Gasteiger charge is -2.07. The molecule has 0 unspecified atom stereocenters. The molecule has 0 radical (unpaired) electrons. The van der Waals surface area contributed by atoms with E-state index in [0.29, 0.717) is 12.2 Å². The van der Waals surface area contributed by atoms with Crippen LogP contribution in [-0.4, -0.2) is 9.13 Å². The summed E-state index contributed by atoms with van der Waals surface area (Å²) in [5, 5.41) is 0. The second-order valence-electron chi connectivity index (χ2n) is 2.71. The molecule has 1 aromatic rings. The van der Waals surface area contributed by atoms with Crippen molar-refractivity contribution < 1.29 is 0 Å². The van der Waals surface area contributed by atoms with Crippen LogP contribution in [0.1, 0.15) is 12.6 Å². The molecule has 0 saturated heterocycles. The van der Waals surface area contributed by atoms with Gasteiger partial charge >= 0.3 is 5.69 Å². The van der Waals surface area contributed by atoms with Gasteiger partial charge in [-0.25, -0.2) is 4.79 Å². The molecular weight excluding hydrogens is 156 g/mol. The van der Waals surface area contributed by atoms with Crippen molar-refractivity contribution >= 4 is 0 Å². The zero-order chi connectivity index (χ0) is 9.30. The van der Waals surface area contributed by atoms with Gasteiger partial charge in [0.2, 0.25) is 0 Å². The lowest BCUT2D eigenvalue weighted by molar-refractivity contribution is 0.611. The van der Waals surface area contributed by atoms with Gasteiger partial charge in [0.15, 0.2) is 0 Å². The first kappa shape index (κ1) is 8.77. The molecule has 0 saturated carbocycles. The highest BCUT2D eigenvalue weighted by Gasteiger charge is 2.02. The summed E-state index contributed by atoms with van der Waals surface area (Å²) in [6.07, 6.45) is 0. The van der Waals surface area contributed by atoms with E-state index < -0.39 is 0 Å². The van der Waals surface area contributed by atoms with Crippen molar-refractivity contribution in [3.63, 3.8) is 0 Å². The molecule has 1 aromatic heterocycles. The third-order valence-corrected chi connectivity index (χ3v) is 1.92. The molecule has 0 atom stereocenters. The summed E-state index contributed by atoms with van der Waals surface area (Å²) >= 11 is 0. The van der Waals surface area contributed by atoms with Gasteiger partial charge < -0.3 is 0 Å². The normalized spacial score (nSPS) is 10.2. The van der Waals surface area contributed by atoms with E-state index in [2.05, 4.69) is 0 Å². The van der Waals surface area contributed by atoms with Gasteiger partial charge in [-0.15, -0.1) is 0 Å². The van der Waals surface area contributed by atoms with Crippen LogP contribution in [0, 0.1) is 6.92 Å². The number of hydrogen-bond acceptors (Lipinski definition) is 2. The van der Waals surface area contributed by atoms with Gasteiger partial charge in [-0.1, -0.05) is 0 Å². The molecule has 1 heterocycles. The van der Waals surface area contributed by atoms with E-state index in [1.165, 1.54) is 13.1 Å². The average Bonchev–Trinajstić information content (AvgIpc) is 2.01. The smallest absolute Gasteiger partial charge is 0.298 e. The van der Waals surface area contributed by atoms with Gasteiger partial charge in [-0.05, 0) is 13.8 Å². The van der Waals surface area contributed by atoms with Gasteiger partial charge in [0.25, 0.3) is 5.56 Å². The van der Waals surface area contributed by atoms with Crippen molar-refractivity contribution in [1.29, 1.82) is 0 Å². The van der Waals surface area contributed by atoms with Crippen LogP contribution in [-0.2, 0) is 13.6 Å². The van der Waals surface area contributed by atoms with Crippen molar-refractivity contribution in [2.45, 2.75) is 20.4 Å². The number of aromatic nitrogens is 2. The van der Waals surface area contributed by atoms with Crippen LogP contribution in [0.4, 0.5) is 0 Å². The summed E-state index contributed by atoms with van der Waals surface area (Å²) in [4.78, 5) is 22.4. The Hall–Kier alpha value is -1.32. The molecule has 0 aliphatic heterocycles. The summed E-state index contributed by atoms with van der Waals surface area (Å²) in [5.41, 5.74) is 0.218. The highest BCUT2D eigenvalue weighted by Crippen LogP contribution is 1.87. The average molecular weight is 168 g/mol. The molecule has 12 heavy (non-hydrogen) atoms. The Morgan fingerprint density at radius 1 is 1.42 bits per heavy atom. The summed E-state index contributed by atoms with van der Waals surface area (Å²) in [5.74, 6) is 0. The minimum absolute atomic E-state index is 0.248. The Bertz CT molecular complexity index is 400. The summed E-state index contributed by atoms with van der Waals surface area (Å²) in [6.45, 7) is 4.23. The van der Waals surface area contributed by atoms with E-state index in [0.717, 1.165) is 4.57 Å². The molecular formula is C8H12N2O2. The SMILES string of the molecule is CCn1c(C)cc(=O)n(C)c1=O. The predicted octanol–water partition coefficient (Wildman–Crippen LogP) is -0.125. The Morgan fingerprint density at radius 3 is 2.50 bits per heavy atom. The van der Waals surface area contributed by atoms with Gasteiger partial charge in [-0.3, -0.25) is 13.9 Å². The van der Waals surface area contributed by atoms with Crippen LogP contribution in [0.2, 0.25) is 0 Å². The number of rotatable bonds is 1. The van der Waals surface area contributed by atoms with E-state index in [1.807, 2.05) is 6.92 Å². The molecule has 4 nitrogen and oxygen atoms in total. The molecule has 0 N–H and O–H groups in total. The predicted molar refractivity (Wildman–Crippen MR) is 46.4 cm³/mol. The highest BCUT2D eigenvalue weighted by molar-refractivity contribution is 4.99. The van der Waals surface area contributed by atoms with Crippen molar-refractivity contribution in [2.24, 2.45) is 7.05 Å². The van der Waals surface area contributed by atoms with Crippen molar-refractivity contribution in [1.82, 2.24) is 9.13 Å². The van der Waals surface area contributed by atoms with Gasteiger partial charge in [0.1, 0.15) is 0 Å². The molecule has 66 valence electrons. The number of nitrogens with zero attached hydrogens (tertiary/aromatic N) is 2. The van der Waals surface area contributed by atoms with Gasteiger partial charge in [0.05, 0.1) is 0 Å². The maximum absolute atomic E-state index is 11.4. The molecule has 0 aromatic carbocycles. The lowest BCUT2D eigenvalue weighted by atomic mass is 10.4. The first-order valence-electron chi connectivity index (χ1n) is 3.85. The fraction of sp³-hybridized carbons (Fsp3) is 0.500. The third kappa shape index (κ3) is 1.20. The fourth-order valence-electron chi connectivity index (χ4n) is 1.16. The van der Waals surface area contributed by atoms with E-state index >= 15 is 0 Å². The first-order chi connectivity index (χ1) is 5.57. The Morgan fingerprint density at radius 2 is 2.00 bits per heavy atom. The van der Waals surface area contributed by atoms with Gasteiger partial charge in [-0.2, -0.15) is 0 Å². The Balaban J connectivity index is 3.63. The van der Waals surface area contributed by atoms with E-state index in [4.69, 9.17) is 0 Å². The van der Waals surface area contributed by atoms with Crippen molar-refractivity contribution in [3.8, 4) is 0 Å². The molecule has 0 fully saturated rings. The third-order valence-electron chi connectivity index (χ3n) is 1.92. The zero-order valence-corrected chi connectivity index (χ0v) is 7.50. The minimum Gasteiger partial charge on any atom is -0.298 e. The van der Waals surface area contributed by atoms with Gasteiger partial charge in [0, 0.05) is 25.4 Å². The summed E-state index contributed by atoms with van der Waals surface area (Å²) < 4.78 is 2.66. The molecule has 0 aliphatic rings. The molecule has 0 bridgehead atoms. The van der Waals surface area contributed by atoms with E-state index in [-0.39, 0.29) is 11.2 Å². The van der Waals surface area contributed by atoms with Crippen LogP contribution in [0.15, 0.2) is 15.7 Å². The molecule has 0 spiro atoms. The Kier molecular flexibility index (Phi) is 2.17. The lowest BCUT2D eigenvalue weighted by Crippen LogP contribution is -2.38. The highest BCUT2D eigenvalue weighted by atomic mass is 16.2. The topological polar surface area (TPSA) is 44.0 Å². The monoisotopic (exact) mass is 168 g/mol. The fourth-order valence-corrected chi connectivity index (χ4v) is 1.16. The largest absolute Gasteiger partial charge is 0.330 e. The van der Waals surface area contributed by atoms with Crippen molar-refractivity contribution in [3.05, 3.63) is 32.6 Å². The second kappa shape index (κ2) is 2.97. The zero-order valence-electron chi connectivity index (χ0n) is 7.50. The molecule has 1 rings (SSSR count). The maximum atomic E-state index is 11.4. The van der Waals surface area contributed by atoms with Crippen LogP contribution >= 0.6 is 0 Å². The summed E-state index contributed by atoms with van der Waals surface area (Å²) in [6, 6.07) is 1.46. The van der Waals surface area contributed by atoms with Crippen LogP contribution in [0.5, 0.6) is 0 Å². The standard InChI is InChI=1S/C8H12N2O2/c1-4-10-6(2)5-7(11)9(3)8(10)12/h5H,4H2,1-3H3. The molecule has 4 heteroatoms. The molecule has 0 amide bonds. The number of aryl methyl sites for hydroxylation is 1. The Labute approximate surface area is 70.1 Å². The van der Waals surface area contributed by atoms with Crippen LogP contribution in [0.25, 0.3) is 0 Å². The maximum Gasteiger partial charge on any atom is 0.330 e. The van der Waals surface area contributed by atoms with E-state index in [1.54, 1.807) is 11.5 Å². The van der Waals surface area contributed by atoms with Crippen molar-refractivity contribution in [2.75, 3.05) is 0 Å². The van der Waals surface area contributed by atoms with Crippen LogP contribution < -0.4 is 11.2 Å². The second-order valence-corrected chi connectivity index (χ2v) is 2.71. The minimum atomic E-state index is -0.248. The quantitative estimate of drug-likeness (QED) is 0.586. The van der Waals surface area contributed by atoms with Crippen LogP contribution in [0.3, 0.4) is 0 Å². The van der Waals surface area contributed by atoms with E-state index in [9.17, 15) is 9.59 Å². The molecule has 0 aliphatic carbocycles. The summed E-state index contributed by atoms with van der Waals surface area (Å²) in [7, 11) is 1.48.